The molecule has 6 nitrogen and oxygen atoms in total. The Balaban J connectivity index is 1.83. The van der Waals surface area contributed by atoms with Crippen molar-refractivity contribution in [1.29, 1.82) is 0 Å². The number of anilines is 1. The standard InChI is InChI=1S/C17H19Cl3N6S/c1-9(2)22-4-3-5-26-8-23-15(21)14-16(26)25-17(24-14)27-13-7-11(19)10(18)6-12(13)20/h6-9,22H,3-5,21H2,1-2H3. The number of aryl methyl sites for hydroxylation is 1. The van der Waals surface area contributed by atoms with E-state index in [0.717, 1.165) is 24.4 Å². The lowest BCUT2D eigenvalue weighted by Crippen LogP contribution is -2.24. The Morgan fingerprint density at radius 1 is 1.15 bits per heavy atom. The monoisotopic (exact) mass is 444 g/mol. The van der Waals surface area contributed by atoms with E-state index in [2.05, 4.69) is 34.1 Å². The van der Waals surface area contributed by atoms with Crippen molar-refractivity contribution < 1.29 is 0 Å². The summed E-state index contributed by atoms with van der Waals surface area (Å²) >= 11 is 19.6. The Kier molecular flexibility index (Phi) is 6.70. The highest BCUT2D eigenvalue weighted by Gasteiger charge is 2.20. The van der Waals surface area contributed by atoms with Gasteiger partial charge in [0, 0.05) is 17.5 Å². The number of hydrogen-bond donors (Lipinski definition) is 2. The molecular weight excluding hydrogens is 427 g/mol. The van der Waals surface area contributed by atoms with Gasteiger partial charge in [0.2, 0.25) is 0 Å². The van der Waals surface area contributed by atoms with E-state index in [1.54, 1.807) is 18.5 Å². The number of aromatic nitrogens is 4. The van der Waals surface area contributed by atoms with Crippen LogP contribution in [-0.4, -0.2) is 32.1 Å². The number of imidazole rings is 1. The van der Waals surface area contributed by atoms with Crippen molar-refractivity contribution in [1.82, 2.24) is 24.8 Å². The molecule has 0 amide bonds. The van der Waals surface area contributed by atoms with Gasteiger partial charge in [-0.3, -0.25) is 0 Å². The second-order valence-electron chi connectivity index (χ2n) is 6.26. The molecule has 1 aromatic carbocycles. The van der Waals surface area contributed by atoms with E-state index >= 15 is 0 Å². The second-order valence-corrected chi connectivity index (χ2v) is 8.49. The average molecular weight is 446 g/mol. The zero-order valence-corrected chi connectivity index (χ0v) is 17.9. The highest BCUT2D eigenvalue weighted by Crippen LogP contribution is 2.38. The largest absolute Gasteiger partial charge is 0.382 e. The van der Waals surface area contributed by atoms with Gasteiger partial charge in [-0.1, -0.05) is 48.7 Å². The maximum absolute atomic E-state index is 6.25. The first kappa shape index (κ1) is 20.5. The van der Waals surface area contributed by atoms with Gasteiger partial charge in [0.25, 0.3) is 0 Å². The summed E-state index contributed by atoms with van der Waals surface area (Å²) in [5, 5.41) is 5.24. The molecule has 0 spiro atoms. The van der Waals surface area contributed by atoms with E-state index in [9.17, 15) is 0 Å². The smallest absolute Gasteiger partial charge is 0.195 e. The molecule has 2 heterocycles. The van der Waals surface area contributed by atoms with Gasteiger partial charge in [-0.25, -0.2) is 15.0 Å². The third kappa shape index (κ3) is 4.97. The predicted molar refractivity (Wildman–Crippen MR) is 112 cm³/mol. The molecule has 0 atom stereocenters. The minimum atomic E-state index is 0.348. The molecule has 0 fully saturated rings. The number of hydrogen-bond acceptors (Lipinski definition) is 6. The van der Waals surface area contributed by atoms with Gasteiger partial charge >= 0.3 is 0 Å². The van der Waals surface area contributed by atoms with Crippen LogP contribution < -0.4 is 11.1 Å². The summed E-state index contributed by atoms with van der Waals surface area (Å²) in [4.78, 5) is 14.1. The molecule has 3 N–H and O–H groups in total. The number of nitrogens with one attached hydrogen (secondary N) is 1. The van der Waals surface area contributed by atoms with Gasteiger partial charge < -0.3 is 15.6 Å². The van der Waals surface area contributed by atoms with Gasteiger partial charge in [0.1, 0.15) is 0 Å². The summed E-state index contributed by atoms with van der Waals surface area (Å²) < 4.78 is 1.96. The van der Waals surface area contributed by atoms with Crippen molar-refractivity contribution in [3.63, 3.8) is 0 Å². The van der Waals surface area contributed by atoms with Gasteiger partial charge in [-0.15, -0.1) is 0 Å². The Morgan fingerprint density at radius 3 is 2.63 bits per heavy atom. The number of nitrogen functional groups attached to an aromatic ring is 1. The van der Waals surface area contributed by atoms with E-state index in [0.29, 0.717) is 43.6 Å². The fraction of sp³-hybridized carbons (Fsp3) is 0.353. The molecule has 0 bridgehead atoms. The SMILES string of the molecule is CC(C)NCCCn1cnc(N)c2nc(Sc3cc(Cl)c(Cl)cc3Cl)nc1-2. The van der Waals surface area contributed by atoms with Gasteiger partial charge in [-0.05, 0) is 36.9 Å². The van der Waals surface area contributed by atoms with Crippen molar-refractivity contribution in [2.75, 3.05) is 12.3 Å². The molecule has 0 unspecified atom stereocenters. The highest BCUT2D eigenvalue weighted by atomic mass is 35.5. The molecule has 144 valence electrons. The molecule has 2 aliphatic rings. The van der Waals surface area contributed by atoms with E-state index in [1.165, 1.54) is 11.8 Å². The van der Waals surface area contributed by atoms with Crippen LogP contribution in [0, 0.1) is 0 Å². The maximum atomic E-state index is 6.25. The van der Waals surface area contributed by atoms with Crippen molar-refractivity contribution in [3.8, 4) is 11.5 Å². The van der Waals surface area contributed by atoms with Crippen LogP contribution in [-0.2, 0) is 6.54 Å². The van der Waals surface area contributed by atoms with E-state index in [-0.39, 0.29) is 0 Å². The summed E-state index contributed by atoms with van der Waals surface area (Å²) in [5.41, 5.74) is 6.56. The fourth-order valence-electron chi connectivity index (χ4n) is 2.46. The summed E-state index contributed by atoms with van der Waals surface area (Å²) in [6, 6.07) is 3.76. The second kappa shape index (κ2) is 8.84. The normalized spacial score (nSPS) is 11.6. The molecular formula is C17H19Cl3N6S. The molecule has 1 aromatic rings. The Labute approximate surface area is 177 Å². The van der Waals surface area contributed by atoms with Gasteiger partial charge in [0.05, 0.1) is 21.4 Å². The van der Waals surface area contributed by atoms with Crippen LogP contribution in [0.25, 0.3) is 11.5 Å². The molecule has 2 aliphatic heterocycles. The molecule has 0 saturated heterocycles. The van der Waals surface area contributed by atoms with E-state index < -0.39 is 0 Å². The minimum Gasteiger partial charge on any atom is -0.382 e. The van der Waals surface area contributed by atoms with Crippen LogP contribution in [0.1, 0.15) is 20.3 Å². The molecule has 0 saturated carbocycles. The lowest BCUT2D eigenvalue weighted by molar-refractivity contribution is 0.532. The topological polar surface area (TPSA) is 81.7 Å². The molecule has 0 aromatic heterocycles. The van der Waals surface area contributed by atoms with Crippen LogP contribution in [0.3, 0.4) is 0 Å². The van der Waals surface area contributed by atoms with Gasteiger partial charge in [-0.2, -0.15) is 0 Å². The molecule has 0 radical (unpaired) electrons. The zero-order chi connectivity index (χ0) is 19.6. The molecule has 10 heteroatoms. The number of nitrogens with zero attached hydrogens (tertiary/aromatic N) is 4. The number of rotatable bonds is 7. The third-order valence-corrected chi connectivity index (χ3v) is 5.85. The van der Waals surface area contributed by atoms with Crippen molar-refractivity contribution in [2.45, 2.75) is 42.9 Å². The molecule has 3 rings (SSSR count). The lowest BCUT2D eigenvalue weighted by Gasteiger charge is -2.12. The van der Waals surface area contributed by atoms with Crippen LogP contribution in [0.2, 0.25) is 15.1 Å². The van der Waals surface area contributed by atoms with Crippen LogP contribution in [0.4, 0.5) is 5.82 Å². The summed E-state index contributed by atoms with van der Waals surface area (Å²) in [5.74, 6) is 1.05. The predicted octanol–water partition coefficient (Wildman–Crippen LogP) is 4.86. The zero-order valence-electron chi connectivity index (χ0n) is 14.8. The Hall–Kier alpha value is -1.25. The first-order valence-corrected chi connectivity index (χ1v) is 10.3. The summed E-state index contributed by atoms with van der Waals surface area (Å²) in [6.07, 6.45) is 2.64. The van der Waals surface area contributed by atoms with Crippen LogP contribution in [0.5, 0.6) is 0 Å². The number of halogens is 3. The fourth-order valence-corrected chi connectivity index (χ4v) is 3.99. The summed E-state index contributed by atoms with van der Waals surface area (Å²) in [7, 11) is 0. The van der Waals surface area contributed by atoms with Crippen molar-refractivity contribution >= 4 is 52.4 Å². The first-order valence-electron chi connectivity index (χ1n) is 8.39. The van der Waals surface area contributed by atoms with Crippen LogP contribution >= 0.6 is 46.6 Å². The third-order valence-electron chi connectivity index (χ3n) is 3.78. The average Bonchev–Trinajstić information content (AvgIpc) is 3.03. The lowest BCUT2D eigenvalue weighted by atomic mass is 10.3. The molecule has 27 heavy (non-hydrogen) atoms. The van der Waals surface area contributed by atoms with E-state index in [4.69, 9.17) is 40.5 Å². The Bertz CT molecular complexity index is 914. The first-order chi connectivity index (χ1) is 12.8. The number of nitrogens with two attached hydrogens (primary N) is 1. The number of benzene rings is 1. The van der Waals surface area contributed by atoms with Crippen LogP contribution in [0.15, 0.2) is 28.5 Å². The summed E-state index contributed by atoms with van der Waals surface area (Å²) in [6.45, 7) is 5.91. The van der Waals surface area contributed by atoms with Gasteiger partial charge in [0.15, 0.2) is 22.5 Å². The maximum Gasteiger partial charge on any atom is 0.195 e. The number of fused-ring (bicyclic) bond motifs is 1. The minimum absolute atomic E-state index is 0.348. The van der Waals surface area contributed by atoms with Crippen molar-refractivity contribution in [3.05, 3.63) is 33.5 Å². The van der Waals surface area contributed by atoms with Crippen molar-refractivity contribution in [2.24, 2.45) is 0 Å². The highest BCUT2D eigenvalue weighted by molar-refractivity contribution is 7.99. The quantitative estimate of drug-likeness (QED) is 0.399. The Morgan fingerprint density at radius 2 is 1.89 bits per heavy atom. The molecule has 0 aliphatic carbocycles. The van der Waals surface area contributed by atoms with E-state index in [1.807, 2.05) is 4.57 Å².